The van der Waals surface area contributed by atoms with Crippen molar-refractivity contribution in [2.24, 2.45) is 0 Å². The molecule has 2 aromatic carbocycles. The molecule has 1 saturated heterocycles. The third-order valence-corrected chi connectivity index (χ3v) is 4.80. The van der Waals surface area contributed by atoms with Crippen LogP contribution in [0.4, 0.5) is 0 Å². The van der Waals surface area contributed by atoms with Crippen molar-refractivity contribution < 1.29 is 14.0 Å². The molecule has 1 aliphatic rings. The van der Waals surface area contributed by atoms with Gasteiger partial charge in [0, 0.05) is 18.1 Å². The van der Waals surface area contributed by atoms with Crippen LogP contribution in [-0.4, -0.2) is 30.5 Å². The van der Waals surface area contributed by atoms with Gasteiger partial charge in [-0.25, -0.2) is 0 Å². The Kier molecular flexibility index (Phi) is 4.97. The van der Waals surface area contributed by atoms with E-state index in [0.29, 0.717) is 12.5 Å². The monoisotopic (exact) mass is 350 g/mol. The van der Waals surface area contributed by atoms with Gasteiger partial charge in [0.15, 0.2) is 5.82 Å². The van der Waals surface area contributed by atoms with Crippen molar-refractivity contribution in [2.45, 2.75) is 25.2 Å². The molecule has 1 aliphatic heterocycles. The predicted molar refractivity (Wildman–Crippen MR) is 98.3 cm³/mol. The summed E-state index contributed by atoms with van der Waals surface area (Å²) in [5.74, 6) is 2.47. The van der Waals surface area contributed by atoms with Gasteiger partial charge in [0.2, 0.25) is 0 Å². The van der Waals surface area contributed by atoms with E-state index in [-0.39, 0.29) is 5.92 Å². The summed E-state index contributed by atoms with van der Waals surface area (Å²) in [5.41, 5.74) is 3.45. The molecule has 0 saturated carbocycles. The molecule has 0 spiro atoms. The summed E-state index contributed by atoms with van der Waals surface area (Å²) in [6.45, 7) is 1.45. The average molecular weight is 350 g/mol. The second-order valence-corrected chi connectivity index (χ2v) is 6.53. The van der Waals surface area contributed by atoms with Crippen LogP contribution >= 0.6 is 0 Å². The first-order chi connectivity index (χ1) is 12.8. The molecule has 0 unspecified atom stereocenters. The fraction of sp³-hybridized carbons (Fsp3) is 0.333. The Labute approximate surface area is 153 Å². The van der Waals surface area contributed by atoms with Crippen molar-refractivity contribution in [1.29, 1.82) is 0 Å². The molecule has 0 radical (unpaired) electrons. The quantitative estimate of drug-likeness (QED) is 0.672. The number of rotatable bonds is 6. The SMILES string of the molecule is COc1cccc(CCc2ccccc2-c2nc([C@H]3CCOC3)no2)c1. The molecule has 1 fully saturated rings. The Balaban J connectivity index is 1.53. The van der Waals surface area contributed by atoms with Gasteiger partial charge < -0.3 is 14.0 Å². The number of methoxy groups -OCH3 is 1. The lowest BCUT2D eigenvalue weighted by Gasteiger charge is -2.07. The minimum absolute atomic E-state index is 0.247. The maximum absolute atomic E-state index is 5.56. The summed E-state index contributed by atoms with van der Waals surface area (Å²) in [6.07, 6.45) is 2.77. The van der Waals surface area contributed by atoms with E-state index in [2.05, 4.69) is 28.3 Å². The summed E-state index contributed by atoms with van der Waals surface area (Å²) in [6, 6.07) is 16.4. The highest BCUT2D eigenvalue weighted by Gasteiger charge is 2.24. The van der Waals surface area contributed by atoms with Gasteiger partial charge in [-0.3, -0.25) is 0 Å². The van der Waals surface area contributed by atoms with Crippen molar-refractivity contribution in [2.75, 3.05) is 20.3 Å². The summed E-state index contributed by atoms with van der Waals surface area (Å²) in [5, 5.41) is 4.17. The van der Waals surface area contributed by atoms with Crippen molar-refractivity contribution in [3.05, 3.63) is 65.5 Å². The minimum Gasteiger partial charge on any atom is -0.497 e. The van der Waals surface area contributed by atoms with Gasteiger partial charge in [0.1, 0.15) is 5.75 Å². The molecule has 26 heavy (non-hydrogen) atoms. The van der Waals surface area contributed by atoms with Gasteiger partial charge in [0.25, 0.3) is 5.89 Å². The fourth-order valence-corrected chi connectivity index (χ4v) is 3.30. The van der Waals surface area contributed by atoms with Gasteiger partial charge >= 0.3 is 0 Å². The second-order valence-electron chi connectivity index (χ2n) is 6.53. The molecule has 2 heterocycles. The first kappa shape index (κ1) is 16.8. The summed E-state index contributed by atoms with van der Waals surface area (Å²) in [7, 11) is 1.69. The zero-order chi connectivity index (χ0) is 17.8. The number of benzene rings is 2. The maximum Gasteiger partial charge on any atom is 0.258 e. The Morgan fingerprint density at radius 3 is 2.88 bits per heavy atom. The molecule has 0 bridgehead atoms. The van der Waals surface area contributed by atoms with Gasteiger partial charge in [-0.2, -0.15) is 4.98 Å². The number of aryl methyl sites for hydroxylation is 2. The van der Waals surface area contributed by atoms with Crippen LogP contribution in [0.3, 0.4) is 0 Å². The van der Waals surface area contributed by atoms with Crippen molar-refractivity contribution in [1.82, 2.24) is 10.1 Å². The van der Waals surface area contributed by atoms with Gasteiger partial charge in [-0.15, -0.1) is 0 Å². The molecule has 3 aromatic rings. The summed E-state index contributed by atoms with van der Waals surface area (Å²) < 4.78 is 16.3. The van der Waals surface area contributed by atoms with Crippen molar-refractivity contribution in [3.63, 3.8) is 0 Å². The number of aromatic nitrogens is 2. The van der Waals surface area contributed by atoms with E-state index >= 15 is 0 Å². The predicted octanol–water partition coefficient (Wildman–Crippen LogP) is 4.03. The molecule has 5 heteroatoms. The third-order valence-electron chi connectivity index (χ3n) is 4.80. The third kappa shape index (κ3) is 3.63. The topological polar surface area (TPSA) is 57.4 Å². The molecule has 5 nitrogen and oxygen atoms in total. The Hall–Kier alpha value is -2.66. The highest BCUT2D eigenvalue weighted by Crippen LogP contribution is 2.28. The smallest absolute Gasteiger partial charge is 0.258 e. The largest absolute Gasteiger partial charge is 0.497 e. The number of ether oxygens (including phenoxy) is 2. The zero-order valence-electron chi connectivity index (χ0n) is 14.9. The molecule has 4 rings (SSSR count). The van der Waals surface area contributed by atoms with Gasteiger partial charge in [-0.1, -0.05) is 35.5 Å². The van der Waals surface area contributed by atoms with Crippen molar-refractivity contribution >= 4 is 0 Å². The number of hydrogen-bond donors (Lipinski definition) is 0. The second kappa shape index (κ2) is 7.70. The highest BCUT2D eigenvalue weighted by atomic mass is 16.5. The van der Waals surface area contributed by atoms with Crippen LogP contribution in [0.2, 0.25) is 0 Å². The molecule has 0 N–H and O–H groups in total. The first-order valence-corrected chi connectivity index (χ1v) is 8.96. The van der Waals surface area contributed by atoms with Crippen LogP contribution in [-0.2, 0) is 17.6 Å². The van der Waals surface area contributed by atoms with Crippen molar-refractivity contribution in [3.8, 4) is 17.2 Å². The molecule has 1 aromatic heterocycles. The number of nitrogens with zero attached hydrogens (tertiary/aromatic N) is 2. The van der Waals surface area contributed by atoms with Crippen LogP contribution < -0.4 is 4.74 Å². The van der Waals surface area contributed by atoms with E-state index in [1.54, 1.807) is 7.11 Å². The highest BCUT2D eigenvalue weighted by molar-refractivity contribution is 5.58. The molecule has 0 amide bonds. The lowest BCUT2D eigenvalue weighted by Crippen LogP contribution is -2.00. The Morgan fingerprint density at radius 2 is 2.04 bits per heavy atom. The van der Waals surface area contributed by atoms with E-state index in [1.165, 1.54) is 11.1 Å². The van der Waals surface area contributed by atoms with Crippen LogP contribution in [0.5, 0.6) is 5.75 Å². The van der Waals surface area contributed by atoms with E-state index in [1.807, 2.05) is 30.3 Å². The van der Waals surface area contributed by atoms with E-state index in [0.717, 1.165) is 43.0 Å². The summed E-state index contributed by atoms with van der Waals surface area (Å²) >= 11 is 0. The fourth-order valence-electron chi connectivity index (χ4n) is 3.30. The van der Waals surface area contributed by atoms with E-state index in [9.17, 15) is 0 Å². The summed E-state index contributed by atoms with van der Waals surface area (Å²) in [4.78, 5) is 4.63. The lowest BCUT2D eigenvalue weighted by atomic mass is 9.99. The standard InChI is InChI=1S/C21H22N2O3/c1-24-18-7-4-5-15(13-18)9-10-16-6-2-3-8-19(16)21-22-20(23-26-21)17-11-12-25-14-17/h2-8,13,17H,9-12,14H2,1H3/t17-/m0/s1. The van der Waals surface area contributed by atoms with Crippen LogP contribution in [0.25, 0.3) is 11.5 Å². The Bertz CT molecular complexity index is 869. The van der Waals surface area contributed by atoms with E-state index < -0.39 is 0 Å². The minimum atomic E-state index is 0.247. The van der Waals surface area contributed by atoms with Gasteiger partial charge in [-0.05, 0) is 48.6 Å². The molecule has 1 atom stereocenters. The molecule has 0 aliphatic carbocycles. The molecular formula is C21H22N2O3. The Morgan fingerprint density at radius 1 is 1.12 bits per heavy atom. The van der Waals surface area contributed by atoms with Gasteiger partial charge in [0.05, 0.1) is 13.7 Å². The zero-order valence-corrected chi connectivity index (χ0v) is 14.9. The maximum atomic E-state index is 5.56. The first-order valence-electron chi connectivity index (χ1n) is 8.96. The lowest BCUT2D eigenvalue weighted by molar-refractivity contribution is 0.192. The number of hydrogen-bond acceptors (Lipinski definition) is 5. The molecular weight excluding hydrogens is 328 g/mol. The van der Waals surface area contributed by atoms with Crippen LogP contribution in [0, 0.1) is 0 Å². The average Bonchev–Trinajstić information content (AvgIpc) is 3.38. The normalized spacial score (nSPS) is 16.7. The van der Waals surface area contributed by atoms with Crippen LogP contribution in [0.15, 0.2) is 53.1 Å². The van der Waals surface area contributed by atoms with Crippen LogP contribution in [0.1, 0.15) is 29.3 Å². The van der Waals surface area contributed by atoms with E-state index in [4.69, 9.17) is 14.0 Å². The molecule has 134 valence electrons.